The van der Waals surface area contributed by atoms with Crippen LogP contribution in [-0.4, -0.2) is 46.8 Å². The Morgan fingerprint density at radius 3 is 1.77 bits per heavy atom. The summed E-state index contributed by atoms with van der Waals surface area (Å²) in [4.78, 5) is 0. The van der Waals surface area contributed by atoms with E-state index in [1.54, 1.807) is 0 Å². The van der Waals surface area contributed by atoms with Crippen LogP contribution in [0, 0.1) is 0 Å². The van der Waals surface area contributed by atoms with Crippen LogP contribution in [0.4, 0.5) is 0 Å². The van der Waals surface area contributed by atoms with Gasteiger partial charge in [-0.05, 0) is 0 Å². The van der Waals surface area contributed by atoms with Gasteiger partial charge in [0.05, 0.1) is 6.61 Å². The van der Waals surface area contributed by atoms with Crippen molar-refractivity contribution >= 4 is 0 Å². The predicted octanol–water partition coefficient (Wildman–Crippen LogP) is 0.342. The minimum atomic E-state index is -1.25. The van der Waals surface area contributed by atoms with Crippen LogP contribution in [0.3, 0.4) is 0 Å². The van der Waals surface area contributed by atoms with Crippen molar-refractivity contribution in [3.63, 3.8) is 0 Å². The molecule has 1 rings (SSSR count). The average molecular weight is 192 g/mol. The van der Waals surface area contributed by atoms with E-state index in [0.717, 1.165) is 0 Å². The first-order valence-corrected chi connectivity index (χ1v) is 4.05. The van der Waals surface area contributed by atoms with Crippen molar-refractivity contribution < 1.29 is 23.7 Å². The van der Waals surface area contributed by atoms with Crippen LogP contribution in [0.1, 0.15) is 6.42 Å². The third-order valence-corrected chi connectivity index (χ3v) is 2.39. The molecule has 1 saturated heterocycles. The van der Waals surface area contributed by atoms with Gasteiger partial charge in [-0.3, -0.25) is 0 Å². The van der Waals surface area contributed by atoms with Gasteiger partial charge in [-0.2, -0.15) is 0 Å². The Bertz CT molecular complexity index is 144. The molecule has 0 atom stereocenters. The van der Waals surface area contributed by atoms with Crippen molar-refractivity contribution in [1.29, 1.82) is 0 Å². The lowest BCUT2D eigenvalue weighted by atomic mass is 10.2. The number of hydrogen-bond acceptors (Lipinski definition) is 5. The molecule has 78 valence electrons. The van der Waals surface area contributed by atoms with Crippen molar-refractivity contribution in [2.75, 3.05) is 35.0 Å². The van der Waals surface area contributed by atoms with E-state index in [2.05, 4.69) is 0 Å². The fourth-order valence-electron chi connectivity index (χ4n) is 1.63. The van der Waals surface area contributed by atoms with E-state index >= 15 is 0 Å². The predicted molar refractivity (Wildman–Crippen MR) is 44.1 cm³/mol. The molecule has 1 fully saturated rings. The molecule has 0 aromatic heterocycles. The summed E-state index contributed by atoms with van der Waals surface area (Å²) in [6.07, 6.45) is 0.571. The van der Waals surface area contributed by atoms with Crippen molar-refractivity contribution in [2.24, 2.45) is 0 Å². The topological polar surface area (TPSA) is 46.2 Å². The third kappa shape index (κ3) is 1.37. The molecule has 1 aliphatic rings. The van der Waals surface area contributed by atoms with Crippen molar-refractivity contribution in [3.8, 4) is 0 Å². The highest BCUT2D eigenvalue weighted by Crippen LogP contribution is 2.40. The van der Waals surface area contributed by atoms with Gasteiger partial charge in [-0.25, -0.2) is 0 Å². The van der Waals surface area contributed by atoms with Crippen LogP contribution in [0.25, 0.3) is 0 Å². The van der Waals surface area contributed by atoms with E-state index in [0.29, 0.717) is 13.0 Å². The Labute approximate surface area is 77.9 Å². The van der Waals surface area contributed by atoms with Crippen LogP contribution in [0.2, 0.25) is 0 Å². The fourth-order valence-corrected chi connectivity index (χ4v) is 1.63. The molecule has 1 aliphatic heterocycles. The average Bonchev–Trinajstić information content (AvgIpc) is 2.57. The Morgan fingerprint density at radius 1 is 0.923 bits per heavy atom. The maximum Gasteiger partial charge on any atom is 0.340 e. The summed E-state index contributed by atoms with van der Waals surface area (Å²) in [5, 5.41) is 0. The number of methoxy groups -OCH3 is 4. The van der Waals surface area contributed by atoms with Gasteiger partial charge in [0, 0.05) is 34.9 Å². The Hall–Kier alpha value is -0.200. The second-order valence-electron chi connectivity index (χ2n) is 2.72. The molecular formula is C8H16O5. The highest BCUT2D eigenvalue weighted by Gasteiger charge is 2.60. The molecule has 0 aliphatic carbocycles. The molecule has 5 heteroatoms. The Morgan fingerprint density at radius 2 is 1.46 bits per heavy atom. The smallest absolute Gasteiger partial charge is 0.340 e. The van der Waals surface area contributed by atoms with Crippen molar-refractivity contribution in [2.45, 2.75) is 18.2 Å². The van der Waals surface area contributed by atoms with Gasteiger partial charge >= 0.3 is 5.97 Å². The molecule has 0 spiro atoms. The maximum absolute atomic E-state index is 5.34. The summed E-state index contributed by atoms with van der Waals surface area (Å²) in [5.74, 6) is -2.23. The molecule has 0 unspecified atom stereocenters. The summed E-state index contributed by atoms with van der Waals surface area (Å²) >= 11 is 0. The van der Waals surface area contributed by atoms with Gasteiger partial charge < -0.3 is 23.7 Å². The maximum atomic E-state index is 5.34. The lowest BCUT2D eigenvalue weighted by Crippen LogP contribution is -2.56. The van der Waals surface area contributed by atoms with E-state index in [-0.39, 0.29) is 0 Å². The largest absolute Gasteiger partial charge is 0.347 e. The molecule has 0 saturated carbocycles. The van der Waals surface area contributed by atoms with E-state index in [9.17, 15) is 0 Å². The monoisotopic (exact) mass is 192 g/mol. The molecule has 1 heterocycles. The zero-order valence-electron chi connectivity index (χ0n) is 8.46. The first-order chi connectivity index (χ1) is 6.20. The van der Waals surface area contributed by atoms with Crippen LogP contribution >= 0.6 is 0 Å². The number of hydrogen-bond donors (Lipinski definition) is 0. The second-order valence-corrected chi connectivity index (χ2v) is 2.72. The van der Waals surface area contributed by atoms with E-state index < -0.39 is 11.8 Å². The molecule has 0 N–H and O–H groups in total. The van der Waals surface area contributed by atoms with Gasteiger partial charge in [0.1, 0.15) is 0 Å². The van der Waals surface area contributed by atoms with E-state index in [1.807, 2.05) is 0 Å². The van der Waals surface area contributed by atoms with Gasteiger partial charge in [0.2, 0.25) is 0 Å². The molecular weight excluding hydrogens is 176 g/mol. The minimum absolute atomic E-state index is 0.476. The molecule has 0 radical (unpaired) electrons. The molecule has 0 aromatic carbocycles. The van der Waals surface area contributed by atoms with Crippen LogP contribution in [0.5, 0.6) is 0 Å². The first kappa shape index (κ1) is 10.9. The third-order valence-electron chi connectivity index (χ3n) is 2.39. The van der Waals surface area contributed by atoms with Crippen molar-refractivity contribution in [1.82, 2.24) is 0 Å². The second kappa shape index (κ2) is 3.89. The van der Waals surface area contributed by atoms with Gasteiger partial charge in [0.15, 0.2) is 0 Å². The lowest BCUT2D eigenvalue weighted by molar-refractivity contribution is -0.449. The molecule has 5 nitrogen and oxygen atoms in total. The lowest BCUT2D eigenvalue weighted by Gasteiger charge is -2.38. The summed E-state index contributed by atoms with van der Waals surface area (Å²) in [5.41, 5.74) is 0. The zero-order chi connectivity index (χ0) is 9.95. The van der Waals surface area contributed by atoms with E-state index in [1.165, 1.54) is 28.4 Å². The normalized spacial score (nSPS) is 24.9. The summed E-state index contributed by atoms with van der Waals surface area (Å²) in [7, 11) is 6.04. The SMILES string of the molecule is COC1(OC)CCOC1(OC)OC. The molecule has 13 heavy (non-hydrogen) atoms. The zero-order valence-corrected chi connectivity index (χ0v) is 8.46. The number of rotatable bonds is 4. The molecule has 0 amide bonds. The number of ether oxygens (including phenoxy) is 5. The highest BCUT2D eigenvalue weighted by molar-refractivity contribution is 4.86. The van der Waals surface area contributed by atoms with E-state index in [4.69, 9.17) is 23.7 Å². The highest BCUT2D eigenvalue weighted by atomic mass is 16.9. The quantitative estimate of drug-likeness (QED) is 0.601. The Balaban J connectivity index is 2.92. The van der Waals surface area contributed by atoms with Crippen molar-refractivity contribution in [3.05, 3.63) is 0 Å². The van der Waals surface area contributed by atoms with Gasteiger partial charge in [-0.1, -0.05) is 0 Å². The minimum Gasteiger partial charge on any atom is -0.347 e. The summed E-state index contributed by atoms with van der Waals surface area (Å²) < 4.78 is 26.1. The summed E-state index contributed by atoms with van der Waals surface area (Å²) in [6, 6.07) is 0. The summed E-state index contributed by atoms with van der Waals surface area (Å²) in [6.45, 7) is 0.476. The van der Waals surface area contributed by atoms with Crippen LogP contribution in [0.15, 0.2) is 0 Å². The van der Waals surface area contributed by atoms with Gasteiger partial charge in [0.25, 0.3) is 5.79 Å². The van der Waals surface area contributed by atoms with Crippen LogP contribution in [-0.2, 0) is 23.7 Å². The first-order valence-electron chi connectivity index (χ1n) is 4.05. The molecule has 0 aromatic rings. The fraction of sp³-hybridized carbons (Fsp3) is 1.00. The standard InChI is InChI=1S/C8H16O5/c1-9-7(10-2)5-6-13-8(7,11-3)12-4/h5-6H2,1-4H3. The van der Waals surface area contributed by atoms with Gasteiger partial charge in [-0.15, -0.1) is 0 Å². The van der Waals surface area contributed by atoms with Crippen LogP contribution < -0.4 is 0 Å². The Kier molecular flexibility index (Phi) is 3.26. The molecule has 0 bridgehead atoms.